The summed E-state index contributed by atoms with van der Waals surface area (Å²) in [6, 6.07) is 0. The molecule has 0 atom stereocenters. The van der Waals surface area contributed by atoms with Gasteiger partial charge in [-0.3, -0.25) is 9.69 Å². The van der Waals surface area contributed by atoms with Crippen LogP contribution in [0.4, 0.5) is 13.2 Å². The van der Waals surface area contributed by atoms with Crippen LogP contribution in [0.3, 0.4) is 0 Å². The fraction of sp³-hybridized carbons (Fsp3) is 0.700. The number of amides is 1. The topological polar surface area (TPSA) is 23.6 Å². The van der Waals surface area contributed by atoms with E-state index in [9.17, 15) is 18.0 Å². The molecule has 1 heterocycles. The Morgan fingerprint density at radius 1 is 1.25 bits per heavy atom. The zero-order valence-electron chi connectivity index (χ0n) is 9.13. The third kappa shape index (κ3) is 4.22. The molecule has 0 aromatic rings. The van der Waals surface area contributed by atoms with Crippen molar-refractivity contribution >= 4 is 5.91 Å². The fourth-order valence-electron chi connectivity index (χ4n) is 1.63. The predicted molar refractivity (Wildman–Crippen MR) is 53.9 cm³/mol. The van der Waals surface area contributed by atoms with E-state index >= 15 is 0 Å². The second-order valence-electron chi connectivity index (χ2n) is 3.72. The Morgan fingerprint density at radius 2 is 1.81 bits per heavy atom. The van der Waals surface area contributed by atoms with Gasteiger partial charge in [0.25, 0.3) is 0 Å². The average molecular weight is 236 g/mol. The number of carbonyl (C=O) groups is 1. The van der Waals surface area contributed by atoms with Gasteiger partial charge in [-0.1, -0.05) is 6.08 Å². The van der Waals surface area contributed by atoms with Gasteiger partial charge in [-0.2, -0.15) is 13.2 Å². The van der Waals surface area contributed by atoms with Crippen molar-refractivity contribution < 1.29 is 18.0 Å². The van der Waals surface area contributed by atoms with E-state index in [-0.39, 0.29) is 19.0 Å². The molecular formula is C10H15F3N2O. The summed E-state index contributed by atoms with van der Waals surface area (Å²) in [5.74, 6) is -0.130. The van der Waals surface area contributed by atoms with Crippen molar-refractivity contribution in [3.8, 4) is 0 Å². The van der Waals surface area contributed by atoms with E-state index in [4.69, 9.17) is 0 Å². The minimum absolute atomic E-state index is 0.130. The number of halogens is 3. The van der Waals surface area contributed by atoms with Gasteiger partial charge in [0.1, 0.15) is 0 Å². The predicted octanol–water partition coefficient (Wildman–Crippen LogP) is 1.27. The maximum atomic E-state index is 12.1. The standard InChI is InChI=1S/C10H15F3N2O/c1-2-3-9(16)15-6-4-14(5-7-15)8-10(11,12)13/h2-3H,4-8H2,1H3. The molecule has 1 saturated heterocycles. The lowest BCUT2D eigenvalue weighted by atomic mass is 10.3. The van der Waals surface area contributed by atoms with Crippen LogP contribution >= 0.6 is 0 Å². The van der Waals surface area contributed by atoms with Gasteiger partial charge in [0.15, 0.2) is 0 Å². The van der Waals surface area contributed by atoms with Crippen molar-refractivity contribution in [3.63, 3.8) is 0 Å². The molecule has 16 heavy (non-hydrogen) atoms. The van der Waals surface area contributed by atoms with Gasteiger partial charge in [-0.25, -0.2) is 0 Å². The first-order valence-corrected chi connectivity index (χ1v) is 5.13. The van der Waals surface area contributed by atoms with Crippen LogP contribution in [0.2, 0.25) is 0 Å². The van der Waals surface area contributed by atoms with Crippen LogP contribution in [0.15, 0.2) is 12.2 Å². The van der Waals surface area contributed by atoms with Crippen LogP contribution in [0, 0.1) is 0 Å². The first-order valence-electron chi connectivity index (χ1n) is 5.13. The van der Waals surface area contributed by atoms with E-state index in [0.717, 1.165) is 0 Å². The van der Waals surface area contributed by atoms with Crippen LogP contribution in [0.1, 0.15) is 6.92 Å². The number of carbonyl (C=O) groups excluding carboxylic acids is 1. The van der Waals surface area contributed by atoms with Gasteiger partial charge in [0.05, 0.1) is 6.54 Å². The highest BCUT2D eigenvalue weighted by Gasteiger charge is 2.32. The van der Waals surface area contributed by atoms with Gasteiger partial charge in [0.2, 0.25) is 5.91 Å². The molecule has 1 aliphatic rings. The molecule has 0 aromatic carbocycles. The third-order valence-corrected chi connectivity index (χ3v) is 2.40. The molecule has 1 aliphatic heterocycles. The van der Waals surface area contributed by atoms with Crippen molar-refractivity contribution in [3.05, 3.63) is 12.2 Å². The molecule has 0 unspecified atom stereocenters. The number of piperazine rings is 1. The molecule has 1 rings (SSSR count). The smallest absolute Gasteiger partial charge is 0.337 e. The van der Waals surface area contributed by atoms with Crippen molar-refractivity contribution in [1.29, 1.82) is 0 Å². The lowest BCUT2D eigenvalue weighted by Crippen LogP contribution is -2.50. The number of alkyl halides is 3. The Morgan fingerprint density at radius 3 is 2.25 bits per heavy atom. The summed E-state index contributed by atoms with van der Waals surface area (Å²) in [5, 5.41) is 0. The Hall–Kier alpha value is -1.04. The molecule has 1 amide bonds. The lowest BCUT2D eigenvalue weighted by Gasteiger charge is -2.34. The minimum Gasteiger partial charge on any atom is -0.337 e. The SMILES string of the molecule is CC=CC(=O)N1CCN(CC(F)(F)F)CC1. The number of hydrogen-bond acceptors (Lipinski definition) is 2. The van der Waals surface area contributed by atoms with Crippen LogP contribution in [-0.4, -0.2) is 54.6 Å². The Balaban J connectivity index is 2.37. The molecule has 1 fully saturated rings. The first kappa shape index (κ1) is 13.0. The number of rotatable bonds is 2. The second-order valence-corrected chi connectivity index (χ2v) is 3.72. The van der Waals surface area contributed by atoms with Crippen LogP contribution in [0.5, 0.6) is 0 Å². The molecular weight excluding hydrogens is 221 g/mol. The van der Waals surface area contributed by atoms with Gasteiger partial charge in [-0.15, -0.1) is 0 Å². The second kappa shape index (κ2) is 5.34. The van der Waals surface area contributed by atoms with E-state index in [1.165, 1.54) is 11.0 Å². The Kier molecular flexibility index (Phi) is 4.35. The van der Waals surface area contributed by atoms with Gasteiger partial charge >= 0.3 is 6.18 Å². The highest BCUT2D eigenvalue weighted by Crippen LogP contribution is 2.17. The van der Waals surface area contributed by atoms with Gasteiger partial charge in [0, 0.05) is 26.2 Å². The van der Waals surface area contributed by atoms with Gasteiger partial charge in [-0.05, 0) is 13.0 Å². The average Bonchev–Trinajstić information content (AvgIpc) is 2.16. The quantitative estimate of drug-likeness (QED) is 0.674. The van der Waals surface area contributed by atoms with E-state index < -0.39 is 12.7 Å². The zero-order chi connectivity index (χ0) is 12.2. The summed E-state index contributed by atoms with van der Waals surface area (Å²) in [6.07, 6.45) is -1.10. The van der Waals surface area contributed by atoms with E-state index in [2.05, 4.69) is 0 Å². The zero-order valence-corrected chi connectivity index (χ0v) is 9.13. The maximum Gasteiger partial charge on any atom is 0.401 e. The number of nitrogens with zero attached hydrogens (tertiary/aromatic N) is 2. The summed E-state index contributed by atoms with van der Waals surface area (Å²) in [5.41, 5.74) is 0. The van der Waals surface area contributed by atoms with Crippen LogP contribution in [0.25, 0.3) is 0 Å². The van der Waals surface area contributed by atoms with Crippen molar-refractivity contribution in [2.75, 3.05) is 32.7 Å². The summed E-state index contributed by atoms with van der Waals surface area (Å²) in [4.78, 5) is 14.3. The summed E-state index contributed by atoms with van der Waals surface area (Å²) >= 11 is 0. The van der Waals surface area contributed by atoms with Crippen molar-refractivity contribution in [2.45, 2.75) is 13.1 Å². The van der Waals surface area contributed by atoms with E-state index in [1.807, 2.05) is 0 Å². The normalized spacial score (nSPS) is 19.4. The molecule has 0 saturated carbocycles. The molecule has 0 aliphatic carbocycles. The number of hydrogen-bond donors (Lipinski definition) is 0. The monoisotopic (exact) mass is 236 g/mol. The van der Waals surface area contributed by atoms with E-state index in [1.54, 1.807) is 17.9 Å². The Bertz CT molecular complexity index is 268. The van der Waals surface area contributed by atoms with Gasteiger partial charge < -0.3 is 4.90 Å². The van der Waals surface area contributed by atoms with Crippen molar-refractivity contribution in [2.24, 2.45) is 0 Å². The molecule has 0 bridgehead atoms. The summed E-state index contributed by atoms with van der Waals surface area (Å²) in [7, 11) is 0. The maximum absolute atomic E-state index is 12.1. The molecule has 0 N–H and O–H groups in total. The lowest BCUT2D eigenvalue weighted by molar-refractivity contribution is -0.150. The Labute approximate surface area is 92.5 Å². The highest BCUT2D eigenvalue weighted by molar-refractivity contribution is 5.87. The minimum atomic E-state index is -4.16. The summed E-state index contributed by atoms with van der Waals surface area (Å²) < 4.78 is 36.2. The highest BCUT2D eigenvalue weighted by atomic mass is 19.4. The molecule has 3 nitrogen and oxygen atoms in total. The van der Waals surface area contributed by atoms with E-state index in [0.29, 0.717) is 13.1 Å². The van der Waals surface area contributed by atoms with Crippen molar-refractivity contribution in [1.82, 2.24) is 9.80 Å². The largest absolute Gasteiger partial charge is 0.401 e. The number of allylic oxidation sites excluding steroid dienone is 1. The summed E-state index contributed by atoms with van der Waals surface area (Å²) in [6.45, 7) is 2.13. The molecule has 0 radical (unpaired) electrons. The molecule has 0 spiro atoms. The van der Waals surface area contributed by atoms with Crippen LogP contribution < -0.4 is 0 Å². The molecule has 6 heteroatoms. The molecule has 92 valence electrons. The molecule has 0 aromatic heterocycles. The van der Waals surface area contributed by atoms with Crippen LogP contribution in [-0.2, 0) is 4.79 Å². The first-order chi connectivity index (χ1) is 7.42. The fourth-order valence-corrected chi connectivity index (χ4v) is 1.63. The third-order valence-electron chi connectivity index (χ3n) is 2.40.